The molecule has 35 heavy (non-hydrogen) atoms. The molecule has 0 aromatic heterocycles. The molecule has 0 spiro atoms. The third-order valence-electron chi connectivity index (χ3n) is 6.90. The van der Waals surface area contributed by atoms with Gasteiger partial charge in [-0.1, -0.05) is 42.0 Å². The number of rotatable bonds is 5. The fourth-order valence-electron chi connectivity index (χ4n) is 5.08. The van der Waals surface area contributed by atoms with Crippen LogP contribution in [0.15, 0.2) is 71.9 Å². The number of carbonyl (C=O) groups excluding carboxylic acids is 1. The largest absolute Gasteiger partial charge is 0.496 e. The monoisotopic (exact) mass is 470 g/mol. The van der Waals surface area contributed by atoms with E-state index in [1.807, 2.05) is 36.4 Å². The van der Waals surface area contributed by atoms with Crippen molar-refractivity contribution in [1.82, 2.24) is 0 Å². The molecule has 2 aliphatic rings. The molecule has 6 nitrogen and oxygen atoms in total. The molecule has 1 heterocycles. The zero-order valence-electron chi connectivity index (χ0n) is 20.5. The van der Waals surface area contributed by atoms with Gasteiger partial charge < -0.3 is 24.8 Å². The number of ketones is 1. The Morgan fingerprint density at radius 2 is 1.46 bits per heavy atom. The maximum absolute atomic E-state index is 13.8. The lowest BCUT2D eigenvalue weighted by atomic mass is 9.78. The minimum absolute atomic E-state index is 0.117. The highest BCUT2D eigenvalue weighted by molar-refractivity contribution is 6.01. The summed E-state index contributed by atoms with van der Waals surface area (Å²) in [5, 5.41) is 7.20. The lowest BCUT2D eigenvalue weighted by Crippen LogP contribution is -2.27. The molecule has 2 unspecified atom stereocenters. The van der Waals surface area contributed by atoms with Gasteiger partial charge in [-0.25, -0.2) is 0 Å². The van der Waals surface area contributed by atoms with Crippen LogP contribution in [-0.2, 0) is 4.79 Å². The van der Waals surface area contributed by atoms with E-state index in [4.69, 9.17) is 14.2 Å². The van der Waals surface area contributed by atoms with Crippen molar-refractivity contribution in [3.8, 4) is 17.2 Å². The summed E-state index contributed by atoms with van der Waals surface area (Å²) >= 11 is 0. The standard InChI is InChI=1S/C29H30N2O4/c1-17-9-11-18(12-10-17)19-13-23-28(24(32)14-19)29(31-22-8-6-5-7-21(22)30-23)20-15-26(34-3)27(35-4)16-25(20)33-2/h5-12,15-16,19,29-31H,13-14H2,1-4H3. The molecule has 1 aliphatic heterocycles. The van der Waals surface area contributed by atoms with Gasteiger partial charge in [-0.05, 0) is 43.0 Å². The summed E-state index contributed by atoms with van der Waals surface area (Å²) in [7, 11) is 4.82. The smallest absolute Gasteiger partial charge is 0.164 e. The van der Waals surface area contributed by atoms with Crippen molar-refractivity contribution in [3.05, 3.63) is 88.6 Å². The Morgan fingerprint density at radius 1 is 0.800 bits per heavy atom. The number of benzene rings is 3. The Bertz CT molecular complexity index is 1300. The average Bonchev–Trinajstić information content (AvgIpc) is 3.05. The number of anilines is 2. The number of ether oxygens (including phenoxy) is 3. The van der Waals surface area contributed by atoms with Crippen molar-refractivity contribution in [2.24, 2.45) is 0 Å². The number of hydrogen-bond donors (Lipinski definition) is 2. The van der Waals surface area contributed by atoms with E-state index < -0.39 is 6.04 Å². The average molecular weight is 471 g/mol. The highest BCUT2D eigenvalue weighted by atomic mass is 16.5. The zero-order chi connectivity index (χ0) is 24.5. The molecule has 3 aromatic rings. The Hall–Kier alpha value is -3.93. The van der Waals surface area contributed by atoms with Crippen molar-refractivity contribution >= 4 is 17.2 Å². The number of hydrogen-bond acceptors (Lipinski definition) is 6. The van der Waals surface area contributed by atoms with Crippen LogP contribution >= 0.6 is 0 Å². The van der Waals surface area contributed by atoms with Gasteiger partial charge in [0, 0.05) is 29.3 Å². The number of fused-ring (bicyclic) bond motifs is 1. The normalized spacial score (nSPS) is 19.0. The van der Waals surface area contributed by atoms with E-state index in [1.165, 1.54) is 11.1 Å². The van der Waals surface area contributed by atoms with Gasteiger partial charge >= 0.3 is 0 Å². The molecule has 0 bridgehead atoms. The van der Waals surface area contributed by atoms with E-state index >= 15 is 0 Å². The van der Waals surface area contributed by atoms with Crippen LogP contribution in [0.1, 0.15) is 41.5 Å². The molecule has 0 saturated carbocycles. The van der Waals surface area contributed by atoms with Crippen molar-refractivity contribution in [2.45, 2.75) is 31.7 Å². The van der Waals surface area contributed by atoms with Crippen LogP contribution in [0, 0.1) is 6.92 Å². The molecule has 0 saturated heterocycles. The molecule has 0 radical (unpaired) electrons. The van der Waals surface area contributed by atoms with Gasteiger partial charge in [0.15, 0.2) is 17.3 Å². The molecule has 6 heteroatoms. The number of para-hydroxylation sites is 2. The van der Waals surface area contributed by atoms with Crippen molar-refractivity contribution in [1.29, 1.82) is 0 Å². The minimum atomic E-state index is -0.414. The van der Waals surface area contributed by atoms with Gasteiger partial charge in [-0.15, -0.1) is 0 Å². The van der Waals surface area contributed by atoms with E-state index in [-0.39, 0.29) is 11.7 Å². The summed E-state index contributed by atoms with van der Waals surface area (Å²) < 4.78 is 16.8. The molecule has 2 N–H and O–H groups in total. The first-order chi connectivity index (χ1) is 17.0. The number of aryl methyl sites for hydroxylation is 1. The summed E-state index contributed by atoms with van der Waals surface area (Å²) in [6.07, 6.45) is 1.19. The quantitative estimate of drug-likeness (QED) is 0.477. The van der Waals surface area contributed by atoms with Crippen molar-refractivity contribution in [2.75, 3.05) is 32.0 Å². The molecule has 0 amide bonds. The first kappa shape index (κ1) is 22.8. The van der Waals surface area contributed by atoms with Gasteiger partial charge in [-0.2, -0.15) is 0 Å². The number of nitrogens with one attached hydrogen (secondary N) is 2. The Balaban J connectivity index is 1.66. The van der Waals surface area contributed by atoms with Crippen LogP contribution in [0.3, 0.4) is 0 Å². The lowest BCUT2D eigenvalue weighted by molar-refractivity contribution is -0.116. The second-order valence-electron chi connectivity index (χ2n) is 9.03. The third kappa shape index (κ3) is 4.20. The summed E-state index contributed by atoms with van der Waals surface area (Å²) in [4.78, 5) is 13.8. The molecule has 1 aliphatic carbocycles. The summed E-state index contributed by atoms with van der Waals surface area (Å²) in [5.41, 5.74) is 6.74. The van der Waals surface area contributed by atoms with Crippen LogP contribution in [0.4, 0.5) is 11.4 Å². The van der Waals surface area contributed by atoms with Crippen LogP contribution in [0.5, 0.6) is 17.2 Å². The highest BCUT2D eigenvalue weighted by Crippen LogP contribution is 2.47. The van der Waals surface area contributed by atoms with Gasteiger partial charge in [0.2, 0.25) is 0 Å². The number of allylic oxidation sites excluding steroid dienone is 1. The van der Waals surface area contributed by atoms with E-state index in [1.54, 1.807) is 21.3 Å². The molecule has 3 aromatic carbocycles. The zero-order valence-corrected chi connectivity index (χ0v) is 20.5. The van der Waals surface area contributed by atoms with E-state index in [0.717, 1.165) is 34.6 Å². The van der Waals surface area contributed by atoms with E-state index in [2.05, 4.69) is 41.8 Å². The molecule has 5 rings (SSSR count). The number of Topliss-reactive ketones (excluding diaryl/α,β-unsaturated/α-hetero) is 1. The topological polar surface area (TPSA) is 68.8 Å². The van der Waals surface area contributed by atoms with Gasteiger partial charge in [0.1, 0.15) is 5.75 Å². The first-order valence-electron chi connectivity index (χ1n) is 11.8. The molecular weight excluding hydrogens is 440 g/mol. The predicted molar refractivity (Wildman–Crippen MR) is 138 cm³/mol. The molecule has 0 fully saturated rings. The minimum Gasteiger partial charge on any atom is -0.496 e. The molecular formula is C29H30N2O4. The Labute approximate surface area is 205 Å². The fraction of sp³-hybridized carbons (Fsp3) is 0.276. The second kappa shape index (κ2) is 9.37. The fourth-order valence-corrected chi connectivity index (χ4v) is 5.08. The maximum atomic E-state index is 13.8. The van der Waals surface area contributed by atoms with Crippen LogP contribution in [0.25, 0.3) is 0 Å². The van der Waals surface area contributed by atoms with Crippen LogP contribution in [0.2, 0.25) is 0 Å². The van der Waals surface area contributed by atoms with Crippen LogP contribution in [-0.4, -0.2) is 27.1 Å². The molecule has 2 atom stereocenters. The van der Waals surface area contributed by atoms with Gasteiger partial charge in [-0.3, -0.25) is 4.79 Å². The Kier molecular flexibility index (Phi) is 6.12. The highest BCUT2D eigenvalue weighted by Gasteiger charge is 2.37. The van der Waals surface area contributed by atoms with Gasteiger partial charge in [0.25, 0.3) is 0 Å². The van der Waals surface area contributed by atoms with Crippen LogP contribution < -0.4 is 24.8 Å². The second-order valence-corrected chi connectivity index (χ2v) is 9.03. The van der Waals surface area contributed by atoms with Crippen molar-refractivity contribution in [3.63, 3.8) is 0 Å². The lowest BCUT2D eigenvalue weighted by Gasteiger charge is -2.30. The summed E-state index contributed by atoms with van der Waals surface area (Å²) in [5.74, 6) is 2.02. The SMILES string of the molecule is COc1cc(OC)c(C2Nc3ccccc3NC3=C2C(=O)CC(c2ccc(C)cc2)C3)cc1OC. The predicted octanol–water partition coefficient (Wildman–Crippen LogP) is 6.00. The number of methoxy groups -OCH3 is 3. The van der Waals surface area contributed by atoms with E-state index in [9.17, 15) is 4.79 Å². The summed E-state index contributed by atoms with van der Waals surface area (Å²) in [6.45, 7) is 2.08. The summed E-state index contributed by atoms with van der Waals surface area (Å²) in [6, 6.07) is 19.8. The third-order valence-corrected chi connectivity index (χ3v) is 6.90. The number of carbonyl (C=O) groups is 1. The van der Waals surface area contributed by atoms with Gasteiger partial charge in [0.05, 0.1) is 38.7 Å². The first-order valence-corrected chi connectivity index (χ1v) is 11.8. The van der Waals surface area contributed by atoms with Crippen molar-refractivity contribution < 1.29 is 19.0 Å². The van der Waals surface area contributed by atoms with E-state index in [0.29, 0.717) is 23.7 Å². The molecule has 180 valence electrons. The maximum Gasteiger partial charge on any atom is 0.164 e. The Morgan fingerprint density at radius 3 is 2.14 bits per heavy atom.